The maximum Gasteiger partial charge on any atom is 0.0687 e. The monoisotopic (exact) mass is 197 g/mol. The molecule has 0 radical (unpaired) electrons. The average molecular weight is 197 g/mol. The van der Waals surface area contributed by atoms with Crippen molar-refractivity contribution in [3.8, 4) is 0 Å². The Morgan fingerprint density at radius 1 is 1.21 bits per heavy atom. The fourth-order valence-corrected chi connectivity index (χ4v) is 3.78. The van der Waals surface area contributed by atoms with Crippen LogP contribution in [-0.4, -0.2) is 18.8 Å². The minimum absolute atomic E-state index is 0.164. The van der Waals surface area contributed by atoms with Crippen LogP contribution in [-0.2, 0) is 4.74 Å². The van der Waals surface area contributed by atoms with Gasteiger partial charge in [-0.3, -0.25) is 0 Å². The van der Waals surface area contributed by atoms with E-state index in [0.29, 0.717) is 17.9 Å². The van der Waals surface area contributed by atoms with E-state index in [9.17, 15) is 0 Å². The molecule has 2 rings (SSSR count). The van der Waals surface area contributed by atoms with Gasteiger partial charge in [0.05, 0.1) is 5.60 Å². The topological polar surface area (TPSA) is 35.2 Å². The lowest BCUT2D eigenvalue weighted by Crippen LogP contribution is -2.54. The molecule has 0 aromatic rings. The van der Waals surface area contributed by atoms with Crippen LogP contribution in [0.4, 0.5) is 0 Å². The van der Waals surface area contributed by atoms with Gasteiger partial charge in [-0.2, -0.15) is 0 Å². The predicted octanol–water partition coefficient (Wildman–Crippen LogP) is 2.17. The third-order valence-corrected chi connectivity index (χ3v) is 4.39. The number of nitrogens with two attached hydrogens (primary N) is 1. The summed E-state index contributed by atoms with van der Waals surface area (Å²) >= 11 is 0. The van der Waals surface area contributed by atoms with Crippen LogP contribution < -0.4 is 5.73 Å². The maximum atomic E-state index is 6.25. The third kappa shape index (κ3) is 1.59. The number of rotatable bonds is 1. The van der Waals surface area contributed by atoms with E-state index in [1.54, 1.807) is 0 Å². The van der Waals surface area contributed by atoms with Crippen LogP contribution in [0.25, 0.3) is 0 Å². The first-order chi connectivity index (χ1) is 6.56. The quantitative estimate of drug-likeness (QED) is 0.699. The summed E-state index contributed by atoms with van der Waals surface area (Å²) in [6, 6.07) is 0.404. The molecule has 2 aliphatic rings. The summed E-state index contributed by atoms with van der Waals surface area (Å²) in [4.78, 5) is 0. The van der Waals surface area contributed by atoms with Gasteiger partial charge in [-0.05, 0) is 43.4 Å². The Kier molecular flexibility index (Phi) is 2.61. The molecule has 2 aliphatic carbocycles. The first-order valence-electron chi connectivity index (χ1n) is 5.87. The van der Waals surface area contributed by atoms with E-state index in [4.69, 9.17) is 10.5 Å². The summed E-state index contributed by atoms with van der Waals surface area (Å²) in [5.41, 5.74) is 6.41. The van der Waals surface area contributed by atoms with Gasteiger partial charge in [-0.25, -0.2) is 0 Å². The minimum Gasteiger partial charge on any atom is -0.378 e. The van der Waals surface area contributed by atoms with E-state index >= 15 is 0 Å². The van der Waals surface area contributed by atoms with Crippen LogP contribution in [0.3, 0.4) is 0 Å². The minimum atomic E-state index is 0.164. The zero-order valence-corrected chi connectivity index (χ0v) is 9.62. The van der Waals surface area contributed by atoms with Crippen molar-refractivity contribution >= 4 is 0 Å². The Hall–Kier alpha value is -0.0800. The molecule has 5 atom stereocenters. The van der Waals surface area contributed by atoms with Gasteiger partial charge in [-0.1, -0.05) is 13.8 Å². The second kappa shape index (κ2) is 3.49. The molecule has 2 saturated carbocycles. The fraction of sp³-hybridized carbons (Fsp3) is 1.00. The maximum absolute atomic E-state index is 6.25. The van der Waals surface area contributed by atoms with Gasteiger partial charge in [0.1, 0.15) is 0 Å². The Morgan fingerprint density at radius 3 is 2.57 bits per heavy atom. The highest BCUT2D eigenvalue weighted by Crippen LogP contribution is 2.48. The Morgan fingerprint density at radius 2 is 1.93 bits per heavy atom. The molecule has 5 unspecified atom stereocenters. The largest absolute Gasteiger partial charge is 0.378 e. The van der Waals surface area contributed by atoms with Crippen molar-refractivity contribution in [2.24, 2.45) is 23.5 Å². The van der Waals surface area contributed by atoms with Crippen LogP contribution in [0, 0.1) is 17.8 Å². The van der Waals surface area contributed by atoms with Gasteiger partial charge >= 0.3 is 0 Å². The highest BCUT2D eigenvalue weighted by molar-refractivity contribution is 5.01. The summed E-state index contributed by atoms with van der Waals surface area (Å²) in [6.45, 7) is 4.61. The van der Waals surface area contributed by atoms with Crippen LogP contribution in [0.2, 0.25) is 0 Å². The molecular weight excluding hydrogens is 174 g/mol. The first kappa shape index (κ1) is 10.4. The summed E-state index contributed by atoms with van der Waals surface area (Å²) in [5, 5.41) is 0. The van der Waals surface area contributed by atoms with E-state index in [1.165, 1.54) is 19.3 Å². The van der Waals surface area contributed by atoms with Gasteiger partial charge in [-0.15, -0.1) is 0 Å². The second-order valence-corrected chi connectivity index (χ2v) is 5.66. The molecule has 0 aromatic carbocycles. The average Bonchev–Trinajstić information content (AvgIpc) is 2.14. The number of hydrogen-bond acceptors (Lipinski definition) is 2. The summed E-state index contributed by atoms with van der Waals surface area (Å²) in [6.07, 6.45) is 4.89. The van der Waals surface area contributed by atoms with Crippen molar-refractivity contribution < 1.29 is 4.74 Å². The number of fused-ring (bicyclic) bond motifs is 2. The molecule has 0 aromatic heterocycles. The second-order valence-electron chi connectivity index (χ2n) is 5.66. The lowest BCUT2D eigenvalue weighted by Gasteiger charge is -2.51. The molecule has 0 spiro atoms. The van der Waals surface area contributed by atoms with Crippen LogP contribution in [0.1, 0.15) is 39.5 Å². The van der Waals surface area contributed by atoms with Crippen molar-refractivity contribution in [2.45, 2.75) is 51.2 Å². The first-order valence-corrected chi connectivity index (χ1v) is 5.87. The van der Waals surface area contributed by atoms with Gasteiger partial charge in [0, 0.05) is 13.2 Å². The van der Waals surface area contributed by atoms with Gasteiger partial charge in [0.2, 0.25) is 0 Å². The van der Waals surface area contributed by atoms with Crippen molar-refractivity contribution in [2.75, 3.05) is 7.11 Å². The molecule has 0 amide bonds. The van der Waals surface area contributed by atoms with Crippen LogP contribution in [0.5, 0.6) is 0 Å². The van der Waals surface area contributed by atoms with Crippen LogP contribution >= 0.6 is 0 Å². The van der Waals surface area contributed by atoms with Crippen molar-refractivity contribution in [1.29, 1.82) is 0 Å². The molecule has 2 heteroatoms. The van der Waals surface area contributed by atoms with Gasteiger partial charge in [0.15, 0.2) is 0 Å². The normalized spacial score (nSPS) is 53.1. The van der Waals surface area contributed by atoms with E-state index in [-0.39, 0.29) is 5.60 Å². The molecule has 2 bridgehead atoms. The lowest BCUT2D eigenvalue weighted by molar-refractivity contribution is -0.114. The van der Waals surface area contributed by atoms with Crippen LogP contribution in [0.15, 0.2) is 0 Å². The molecule has 82 valence electrons. The lowest BCUT2D eigenvalue weighted by atomic mass is 9.61. The zero-order chi connectivity index (χ0) is 10.3. The van der Waals surface area contributed by atoms with Gasteiger partial charge < -0.3 is 10.5 Å². The van der Waals surface area contributed by atoms with E-state index in [1.807, 2.05) is 7.11 Å². The molecular formula is C12H23NO. The standard InChI is InChI=1S/C12H23NO/c1-8-4-10-7-12(5-8,14-3)6-9(2)11(10)13/h8-11H,4-7,13H2,1-3H3. The van der Waals surface area contributed by atoms with Crippen molar-refractivity contribution in [3.63, 3.8) is 0 Å². The van der Waals surface area contributed by atoms with E-state index in [0.717, 1.165) is 12.3 Å². The Balaban J connectivity index is 2.19. The zero-order valence-electron chi connectivity index (χ0n) is 9.62. The van der Waals surface area contributed by atoms with E-state index < -0.39 is 0 Å². The Bertz CT molecular complexity index is 214. The Labute approximate surface area is 87.2 Å². The third-order valence-electron chi connectivity index (χ3n) is 4.39. The predicted molar refractivity (Wildman–Crippen MR) is 58.0 cm³/mol. The highest BCUT2D eigenvalue weighted by Gasteiger charge is 2.47. The summed E-state index contributed by atoms with van der Waals surface area (Å²) in [7, 11) is 1.87. The molecule has 0 heterocycles. The summed E-state index contributed by atoms with van der Waals surface area (Å²) < 4.78 is 5.78. The number of methoxy groups -OCH3 is 1. The van der Waals surface area contributed by atoms with Crippen molar-refractivity contribution in [1.82, 2.24) is 0 Å². The summed E-state index contributed by atoms with van der Waals surface area (Å²) in [5.74, 6) is 2.11. The molecule has 14 heavy (non-hydrogen) atoms. The van der Waals surface area contributed by atoms with Gasteiger partial charge in [0.25, 0.3) is 0 Å². The molecule has 2 N–H and O–H groups in total. The molecule has 0 saturated heterocycles. The number of ether oxygens (including phenoxy) is 1. The molecule has 0 aliphatic heterocycles. The molecule has 2 fully saturated rings. The fourth-order valence-electron chi connectivity index (χ4n) is 3.78. The number of hydrogen-bond donors (Lipinski definition) is 1. The van der Waals surface area contributed by atoms with Crippen molar-refractivity contribution in [3.05, 3.63) is 0 Å². The highest BCUT2D eigenvalue weighted by atomic mass is 16.5. The smallest absolute Gasteiger partial charge is 0.0687 e. The SMILES string of the molecule is COC12CC(C)CC(C1)C(N)C(C)C2. The molecule has 2 nitrogen and oxygen atoms in total. The van der Waals surface area contributed by atoms with E-state index in [2.05, 4.69) is 13.8 Å².